The van der Waals surface area contributed by atoms with Gasteiger partial charge in [-0.05, 0) is 24.3 Å². The van der Waals surface area contributed by atoms with Gasteiger partial charge >= 0.3 is 5.97 Å². The maximum atomic E-state index is 12.6. The molecule has 0 aliphatic heterocycles. The number of benzene rings is 1. The van der Waals surface area contributed by atoms with Crippen LogP contribution in [0, 0.1) is 5.82 Å². The average Bonchev–Trinajstić information content (AvgIpc) is 2.25. The molecule has 0 heterocycles. The van der Waals surface area contributed by atoms with E-state index in [2.05, 4.69) is 0 Å². The van der Waals surface area contributed by atoms with Crippen molar-refractivity contribution in [2.75, 3.05) is 5.75 Å². The van der Waals surface area contributed by atoms with Gasteiger partial charge in [-0.3, -0.25) is 9.59 Å². The number of carboxylic acids is 1. The monoisotopic (exact) mass is 242 g/mol. The molecule has 0 saturated heterocycles. The maximum absolute atomic E-state index is 12.6. The van der Waals surface area contributed by atoms with Crippen LogP contribution >= 0.6 is 11.8 Å². The number of halogens is 1. The number of carboxylic acid groups (broad SMARTS) is 1. The van der Waals surface area contributed by atoms with Crippen LogP contribution in [0.4, 0.5) is 4.39 Å². The quantitative estimate of drug-likeness (QED) is 0.778. The number of thioether (sulfide) groups is 1. The molecule has 5 heteroatoms. The molecule has 1 aromatic carbocycles. The molecule has 86 valence electrons. The van der Waals surface area contributed by atoms with Gasteiger partial charge in [-0.1, -0.05) is 0 Å². The van der Waals surface area contributed by atoms with Crippen LogP contribution in [0.1, 0.15) is 12.8 Å². The second-order valence-corrected chi connectivity index (χ2v) is 4.22. The first-order valence-electron chi connectivity index (χ1n) is 4.70. The second-order valence-electron chi connectivity index (χ2n) is 3.18. The fraction of sp³-hybridized carbons (Fsp3) is 0.273. The van der Waals surface area contributed by atoms with E-state index in [1.807, 2.05) is 0 Å². The van der Waals surface area contributed by atoms with Gasteiger partial charge in [0.2, 0.25) is 0 Å². The van der Waals surface area contributed by atoms with Crippen molar-refractivity contribution in [3.8, 4) is 0 Å². The van der Waals surface area contributed by atoms with Gasteiger partial charge in [0.1, 0.15) is 11.6 Å². The molecule has 0 fully saturated rings. The average molecular weight is 242 g/mol. The van der Waals surface area contributed by atoms with Gasteiger partial charge in [0.05, 0.1) is 12.2 Å². The summed E-state index contributed by atoms with van der Waals surface area (Å²) in [7, 11) is 0. The van der Waals surface area contributed by atoms with Crippen LogP contribution in [0.25, 0.3) is 0 Å². The number of carbonyl (C=O) groups is 2. The Kier molecular flexibility index (Phi) is 4.98. The molecule has 3 nitrogen and oxygen atoms in total. The molecule has 0 aromatic heterocycles. The molecule has 0 aliphatic carbocycles. The van der Waals surface area contributed by atoms with Crippen molar-refractivity contribution in [3.63, 3.8) is 0 Å². The topological polar surface area (TPSA) is 54.4 Å². The van der Waals surface area contributed by atoms with Crippen LogP contribution in [0.15, 0.2) is 29.2 Å². The van der Waals surface area contributed by atoms with Crippen LogP contribution in [0.5, 0.6) is 0 Å². The lowest BCUT2D eigenvalue weighted by molar-refractivity contribution is -0.138. The number of hydrogen-bond donors (Lipinski definition) is 1. The van der Waals surface area contributed by atoms with E-state index in [9.17, 15) is 14.0 Å². The number of ketones is 1. The SMILES string of the molecule is O=C(O)CCC(=O)CSc1ccc(F)cc1. The molecule has 0 aliphatic rings. The lowest BCUT2D eigenvalue weighted by Gasteiger charge is -2.00. The second kappa shape index (κ2) is 6.27. The predicted molar refractivity (Wildman–Crippen MR) is 59.0 cm³/mol. The first kappa shape index (κ1) is 12.7. The van der Waals surface area contributed by atoms with E-state index in [1.54, 1.807) is 12.1 Å². The highest BCUT2D eigenvalue weighted by Crippen LogP contribution is 2.18. The molecule has 0 spiro atoms. The summed E-state index contributed by atoms with van der Waals surface area (Å²) in [4.78, 5) is 22.2. The van der Waals surface area contributed by atoms with E-state index in [0.29, 0.717) is 0 Å². The minimum absolute atomic E-state index is 0.0452. The van der Waals surface area contributed by atoms with Gasteiger partial charge in [0, 0.05) is 11.3 Å². The molecule has 0 radical (unpaired) electrons. The Labute approximate surface area is 96.7 Å². The first-order chi connectivity index (χ1) is 7.58. The Morgan fingerprint density at radius 3 is 2.38 bits per heavy atom. The smallest absolute Gasteiger partial charge is 0.303 e. The highest BCUT2D eigenvalue weighted by atomic mass is 32.2. The van der Waals surface area contributed by atoms with Crippen molar-refractivity contribution in [3.05, 3.63) is 30.1 Å². The van der Waals surface area contributed by atoms with Crippen LogP contribution in [-0.4, -0.2) is 22.6 Å². The Bertz CT molecular complexity index is 375. The van der Waals surface area contributed by atoms with Crippen molar-refractivity contribution in [2.45, 2.75) is 17.7 Å². The number of rotatable bonds is 6. The molecule has 0 saturated carbocycles. The van der Waals surface area contributed by atoms with Crippen LogP contribution in [0.2, 0.25) is 0 Å². The molecule has 0 unspecified atom stereocenters. The number of aliphatic carboxylic acids is 1. The molecule has 16 heavy (non-hydrogen) atoms. The van der Waals surface area contributed by atoms with Crippen molar-refractivity contribution >= 4 is 23.5 Å². The fourth-order valence-electron chi connectivity index (χ4n) is 1.01. The summed E-state index contributed by atoms with van der Waals surface area (Å²) in [5, 5.41) is 8.38. The van der Waals surface area contributed by atoms with Gasteiger partial charge in [-0.25, -0.2) is 4.39 Å². The van der Waals surface area contributed by atoms with Crippen LogP contribution < -0.4 is 0 Å². The predicted octanol–water partition coefficient (Wildman–Crippen LogP) is 2.35. The molecule has 0 amide bonds. The third-order valence-electron chi connectivity index (χ3n) is 1.83. The summed E-state index contributed by atoms with van der Waals surface area (Å²) in [5.74, 6) is -1.18. The van der Waals surface area contributed by atoms with Crippen molar-refractivity contribution in [2.24, 2.45) is 0 Å². The Morgan fingerprint density at radius 2 is 1.81 bits per heavy atom. The fourth-order valence-corrected chi connectivity index (χ4v) is 1.81. The standard InChI is InChI=1S/C11H11FO3S/c12-8-1-4-10(5-2-8)16-7-9(13)3-6-11(14)15/h1-2,4-5H,3,6-7H2,(H,14,15). The summed E-state index contributed by atoms with van der Waals surface area (Å²) in [6.07, 6.45) is -0.0909. The van der Waals surface area contributed by atoms with Crippen molar-refractivity contribution in [1.82, 2.24) is 0 Å². The lowest BCUT2D eigenvalue weighted by Crippen LogP contribution is -2.05. The minimum atomic E-state index is -0.972. The lowest BCUT2D eigenvalue weighted by atomic mass is 10.2. The van der Waals surface area contributed by atoms with Crippen molar-refractivity contribution in [1.29, 1.82) is 0 Å². The van der Waals surface area contributed by atoms with Crippen LogP contribution in [0.3, 0.4) is 0 Å². The number of Topliss-reactive ketones (excluding diaryl/α,β-unsaturated/α-hetero) is 1. The zero-order valence-corrected chi connectivity index (χ0v) is 9.30. The van der Waals surface area contributed by atoms with E-state index in [0.717, 1.165) is 4.90 Å². The summed E-state index contributed by atoms with van der Waals surface area (Å²) < 4.78 is 12.6. The summed E-state index contributed by atoms with van der Waals surface area (Å²) in [6.45, 7) is 0. The number of hydrogen-bond acceptors (Lipinski definition) is 3. The molecular weight excluding hydrogens is 231 g/mol. The van der Waals surface area contributed by atoms with Gasteiger partial charge < -0.3 is 5.11 Å². The zero-order chi connectivity index (χ0) is 12.0. The molecular formula is C11H11FO3S. The molecule has 0 bridgehead atoms. The number of carbonyl (C=O) groups excluding carboxylic acids is 1. The summed E-state index contributed by atoms with van der Waals surface area (Å²) in [5.41, 5.74) is 0. The zero-order valence-electron chi connectivity index (χ0n) is 8.48. The van der Waals surface area contributed by atoms with Gasteiger partial charge in [-0.2, -0.15) is 0 Å². The van der Waals surface area contributed by atoms with E-state index in [1.165, 1.54) is 23.9 Å². The minimum Gasteiger partial charge on any atom is -0.481 e. The Morgan fingerprint density at radius 1 is 1.19 bits per heavy atom. The van der Waals surface area contributed by atoms with E-state index < -0.39 is 5.97 Å². The van der Waals surface area contributed by atoms with E-state index >= 15 is 0 Å². The Hall–Kier alpha value is -1.36. The maximum Gasteiger partial charge on any atom is 0.303 e. The van der Waals surface area contributed by atoms with Gasteiger partial charge in [0.15, 0.2) is 0 Å². The van der Waals surface area contributed by atoms with E-state index in [-0.39, 0.29) is 30.2 Å². The first-order valence-corrected chi connectivity index (χ1v) is 5.68. The molecule has 0 atom stereocenters. The Balaban J connectivity index is 2.31. The van der Waals surface area contributed by atoms with Crippen LogP contribution in [-0.2, 0) is 9.59 Å². The summed E-state index contributed by atoms with van der Waals surface area (Å²) in [6, 6.07) is 5.82. The summed E-state index contributed by atoms with van der Waals surface area (Å²) >= 11 is 1.28. The molecule has 1 rings (SSSR count). The normalized spacial score (nSPS) is 10.1. The molecule has 1 N–H and O–H groups in total. The highest BCUT2D eigenvalue weighted by molar-refractivity contribution is 8.00. The van der Waals surface area contributed by atoms with Crippen molar-refractivity contribution < 1.29 is 19.1 Å². The molecule has 1 aromatic rings. The highest BCUT2D eigenvalue weighted by Gasteiger charge is 2.06. The van der Waals surface area contributed by atoms with E-state index in [4.69, 9.17) is 5.11 Å². The van der Waals surface area contributed by atoms with Gasteiger partial charge in [-0.15, -0.1) is 11.8 Å². The van der Waals surface area contributed by atoms with Gasteiger partial charge in [0.25, 0.3) is 0 Å². The largest absolute Gasteiger partial charge is 0.481 e. The third-order valence-corrected chi connectivity index (χ3v) is 2.90. The third kappa shape index (κ3) is 4.93.